The number of anilines is 2. The van der Waals surface area contributed by atoms with Gasteiger partial charge in [-0.25, -0.2) is 0 Å². The zero-order chi connectivity index (χ0) is 14.7. The predicted octanol–water partition coefficient (Wildman–Crippen LogP) is 3.10. The van der Waals surface area contributed by atoms with Gasteiger partial charge in [-0.1, -0.05) is 15.9 Å². The van der Waals surface area contributed by atoms with Gasteiger partial charge in [0.25, 0.3) is 0 Å². The topological polar surface area (TPSA) is 35.6 Å². The lowest BCUT2D eigenvalue weighted by atomic mass is 10.0. The van der Waals surface area contributed by atoms with Crippen molar-refractivity contribution < 1.29 is 4.79 Å². The van der Waals surface area contributed by atoms with Crippen molar-refractivity contribution in [2.75, 3.05) is 38.4 Å². The van der Waals surface area contributed by atoms with E-state index in [2.05, 4.69) is 39.1 Å². The number of amides is 1. The van der Waals surface area contributed by atoms with Crippen LogP contribution in [0.15, 0.2) is 16.6 Å². The molecule has 0 saturated heterocycles. The van der Waals surface area contributed by atoms with E-state index in [4.69, 9.17) is 0 Å². The summed E-state index contributed by atoms with van der Waals surface area (Å²) in [5.41, 5.74) is 2.97. The zero-order valence-electron chi connectivity index (χ0n) is 12.4. The van der Waals surface area contributed by atoms with Crippen molar-refractivity contribution in [1.82, 2.24) is 4.90 Å². The molecule has 1 N–H and O–H groups in total. The second-order valence-corrected chi connectivity index (χ2v) is 6.02. The average Bonchev–Trinajstić information content (AvgIpc) is 2.28. The Balaban J connectivity index is 3.45. The first-order valence-corrected chi connectivity index (χ1v) is 6.98. The Morgan fingerprint density at radius 2 is 1.84 bits per heavy atom. The van der Waals surface area contributed by atoms with Crippen LogP contribution in [0.25, 0.3) is 0 Å². The fraction of sp³-hybridized carbons (Fsp3) is 0.500. The molecule has 0 fully saturated rings. The van der Waals surface area contributed by atoms with Crippen LogP contribution in [0.2, 0.25) is 0 Å². The lowest BCUT2D eigenvalue weighted by Crippen LogP contribution is -2.21. The van der Waals surface area contributed by atoms with Crippen molar-refractivity contribution in [3.8, 4) is 0 Å². The third-order valence-electron chi connectivity index (χ3n) is 3.12. The van der Waals surface area contributed by atoms with Gasteiger partial charge >= 0.3 is 0 Å². The lowest BCUT2D eigenvalue weighted by Gasteiger charge is -2.27. The van der Waals surface area contributed by atoms with Gasteiger partial charge in [0.15, 0.2) is 0 Å². The maximum atomic E-state index is 11.5. The van der Waals surface area contributed by atoms with E-state index in [1.165, 1.54) is 6.92 Å². The number of carbonyl (C=O) groups is 1. The SMILES string of the molecule is CC(=O)Nc1c(C(C)N(C)C)cc(Br)cc1N(C)C. The molecular formula is C14H22BrN3O. The molecule has 0 aliphatic heterocycles. The van der Waals surface area contributed by atoms with Crippen LogP contribution in [0, 0.1) is 0 Å². The van der Waals surface area contributed by atoms with Gasteiger partial charge in [-0.15, -0.1) is 0 Å². The van der Waals surface area contributed by atoms with Gasteiger partial charge < -0.3 is 15.1 Å². The summed E-state index contributed by atoms with van der Waals surface area (Å²) >= 11 is 3.54. The van der Waals surface area contributed by atoms with Crippen LogP contribution >= 0.6 is 15.9 Å². The lowest BCUT2D eigenvalue weighted by molar-refractivity contribution is -0.114. The van der Waals surface area contributed by atoms with E-state index in [0.29, 0.717) is 0 Å². The molecule has 0 aliphatic rings. The van der Waals surface area contributed by atoms with Crippen LogP contribution in [0.1, 0.15) is 25.5 Å². The summed E-state index contributed by atoms with van der Waals surface area (Å²) in [5.74, 6) is -0.0578. The number of halogens is 1. The Bertz CT molecular complexity index is 472. The van der Waals surface area contributed by atoms with Crippen LogP contribution in [0.4, 0.5) is 11.4 Å². The number of hydrogen-bond donors (Lipinski definition) is 1. The van der Waals surface area contributed by atoms with Gasteiger partial charge in [-0.3, -0.25) is 4.79 Å². The standard InChI is InChI=1S/C14H22BrN3O/c1-9(17(3)4)12-7-11(15)8-13(18(5)6)14(12)16-10(2)19/h7-9H,1-6H3,(H,16,19). The molecule has 1 atom stereocenters. The largest absolute Gasteiger partial charge is 0.376 e. The predicted molar refractivity (Wildman–Crippen MR) is 84.9 cm³/mol. The molecule has 1 rings (SSSR count). The number of rotatable bonds is 4. The molecular weight excluding hydrogens is 306 g/mol. The average molecular weight is 328 g/mol. The minimum atomic E-state index is -0.0578. The van der Waals surface area contributed by atoms with Crippen molar-refractivity contribution in [3.63, 3.8) is 0 Å². The zero-order valence-corrected chi connectivity index (χ0v) is 14.0. The van der Waals surface area contributed by atoms with Crippen molar-refractivity contribution in [2.45, 2.75) is 19.9 Å². The maximum absolute atomic E-state index is 11.5. The van der Waals surface area contributed by atoms with Crippen LogP contribution in [0.3, 0.4) is 0 Å². The van der Waals surface area contributed by atoms with Crippen molar-refractivity contribution in [3.05, 3.63) is 22.2 Å². The van der Waals surface area contributed by atoms with E-state index in [9.17, 15) is 4.79 Å². The first-order chi connectivity index (χ1) is 8.73. The molecule has 1 aromatic carbocycles. The fourth-order valence-electron chi connectivity index (χ4n) is 1.89. The molecule has 0 spiro atoms. The number of hydrogen-bond acceptors (Lipinski definition) is 3. The minimum Gasteiger partial charge on any atom is -0.376 e. The fourth-order valence-corrected chi connectivity index (χ4v) is 2.35. The minimum absolute atomic E-state index is 0.0578. The van der Waals surface area contributed by atoms with E-state index in [0.717, 1.165) is 21.4 Å². The smallest absolute Gasteiger partial charge is 0.221 e. The van der Waals surface area contributed by atoms with Gasteiger partial charge in [0.05, 0.1) is 11.4 Å². The highest BCUT2D eigenvalue weighted by Gasteiger charge is 2.18. The quantitative estimate of drug-likeness (QED) is 0.923. The van der Waals surface area contributed by atoms with Crippen LogP contribution in [-0.2, 0) is 4.79 Å². The van der Waals surface area contributed by atoms with Gasteiger partial charge in [0, 0.05) is 31.5 Å². The van der Waals surface area contributed by atoms with Gasteiger partial charge in [0.2, 0.25) is 5.91 Å². The second-order valence-electron chi connectivity index (χ2n) is 5.10. The van der Waals surface area contributed by atoms with Crippen LogP contribution < -0.4 is 10.2 Å². The Morgan fingerprint density at radius 3 is 2.26 bits per heavy atom. The Kier molecular flexibility index (Phi) is 5.38. The first kappa shape index (κ1) is 16.0. The van der Waals surface area contributed by atoms with Gasteiger partial charge in [-0.2, -0.15) is 0 Å². The molecule has 106 valence electrons. The summed E-state index contributed by atoms with van der Waals surface area (Å²) in [6.07, 6.45) is 0. The number of carbonyl (C=O) groups excluding carboxylic acids is 1. The summed E-state index contributed by atoms with van der Waals surface area (Å²) < 4.78 is 1.01. The van der Waals surface area contributed by atoms with Crippen LogP contribution in [0.5, 0.6) is 0 Å². The highest BCUT2D eigenvalue weighted by molar-refractivity contribution is 9.10. The Labute approximate surface area is 123 Å². The molecule has 5 heteroatoms. The molecule has 0 bridgehead atoms. The Hall–Kier alpha value is -1.07. The summed E-state index contributed by atoms with van der Waals surface area (Å²) in [7, 11) is 7.99. The number of benzene rings is 1. The van der Waals surface area contributed by atoms with E-state index in [1.807, 2.05) is 39.2 Å². The van der Waals surface area contributed by atoms with E-state index >= 15 is 0 Å². The van der Waals surface area contributed by atoms with Gasteiger partial charge in [-0.05, 0) is 38.7 Å². The molecule has 0 aromatic heterocycles. The molecule has 0 aliphatic carbocycles. The molecule has 0 saturated carbocycles. The molecule has 19 heavy (non-hydrogen) atoms. The molecule has 1 aromatic rings. The first-order valence-electron chi connectivity index (χ1n) is 6.18. The third-order valence-corrected chi connectivity index (χ3v) is 3.58. The molecule has 4 nitrogen and oxygen atoms in total. The van der Waals surface area contributed by atoms with Crippen LogP contribution in [-0.4, -0.2) is 39.0 Å². The van der Waals surface area contributed by atoms with Crippen molar-refractivity contribution in [1.29, 1.82) is 0 Å². The normalized spacial score (nSPS) is 12.4. The third kappa shape index (κ3) is 3.94. The molecule has 0 radical (unpaired) electrons. The molecule has 1 amide bonds. The highest BCUT2D eigenvalue weighted by Crippen LogP contribution is 2.37. The van der Waals surface area contributed by atoms with E-state index in [-0.39, 0.29) is 11.9 Å². The molecule has 0 heterocycles. The summed E-state index contributed by atoms with van der Waals surface area (Å²) in [6, 6.07) is 4.28. The maximum Gasteiger partial charge on any atom is 0.221 e. The second kappa shape index (κ2) is 6.39. The monoisotopic (exact) mass is 327 g/mol. The highest BCUT2D eigenvalue weighted by atomic mass is 79.9. The number of nitrogens with one attached hydrogen (secondary N) is 1. The molecule has 1 unspecified atom stereocenters. The number of nitrogens with zero attached hydrogens (tertiary/aromatic N) is 2. The summed E-state index contributed by atoms with van der Waals surface area (Å²) in [4.78, 5) is 15.6. The van der Waals surface area contributed by atoms with Gasteiger partial charge in [0.1, 0.15) is 0 Å². The Morgan fingerprint density at radius 1 is 1.26 bits per heavy atom. The van der Waals surface area contributed by atoms with E-state index in [1.54, 1.807) is 0 Å². The van der Waals surface area contributed by atoms with Crippen molar-refractivity contribution in [2.24, 2.45) is 0 Å². The van der Waals surface area contributed by atoms with E-state index < -0.39 is 0 Å². The van der Waals surface area contributed by atoms with Crippen molar-refractivity contribution >= 4 is 33.2 Å². The summed E-state index contributed by atoms with van der Waals surface area (Å²) in [6.45, 7) is 3.65. The summed E-state index contributed by atoms with van der Waals surface area (Å²) in [5, 5.41) is 2.96.